The standard InChI is InChI=1S/C25H30FNO4/c1-31-21-10-11-22(24(29)17-21)23(28)5-3-2-4-14-27-15-12-19(13-16-27)25(30)18-6-8-20(26)9-7-18/h6-11,17,19,29H,2-5,12-16H2,1H3. The van der Waals surface area contributed by atoms with Crippen LogP contribution in [-0.4, -0.2) is 48.3 Å². The van der Waals surface area contributed by atoms with E-state index in [4.69, 9.17) is 4.74 Å². The van der Waals surface area contributed by atoms with Crippen LogP contribution in [0.3, 0.4) is 0 Å². The van der Waals surface area contributed by atoms with Crippen LogP contribution in [0.2, 0.25) is 0 Å². The maximum Gasteiger partial charge on any atom is 0.166 e. The van der Waals surface area contributed by atoms with E-state index in [0.29, 0.717) is 23.3 Å². The molecule has 2 aromatic rings. The summed E-state index contributed by atoms with van der Waals surface area (Å²) < 4.78 is 18.1. The molecule has 5 nitrogen and oxygen atoms in total. The lowest BCUT2D eigenvalue weighted by molar-refractivity contribution is 0.0839. The number of nitrogens with zero attached hydrogens (tertiary/aromatic N) is 1. The molecule has 1 fully saturated rings. The number of halogens is 1. The molecular weight excluding hydrogens is 397 g/mol. The smallest absolute Gasteiger partial charge is 0.166 e. The van der Waals surface area contributed by atoms with E-state index in [-0.39, 0.29) is 29.1 Å². The maximum absolute atomic E-state index is 13.0. The van der Waals surface area contributed by atoms with Crippen LogP contribution in [0.5, 0.6) is 11.5 Å². The van der Waals surface area contributed by atoms with Gasteiger partial charge in [-0.1, -0.05) is 6.42 Å². The van der Waals surface area contributed by atoms with E-state index >= 15 is 0 Å². The highest BCUT2D eigenvalue weighted by Gasteiger charge is 2.25. The number of methoxy groups -OCH3 is 1. The zero-order valence-corrected chi connectivity index (χ0v) is 18.0. The predicted molar refractivity (Wildman–Crippen MR) is 117 cm³/mol. The van der Waals surface area contributed by atoms with Crippen LogP contribution >= 0.6 is 0 Å². The number of ether oxygens (including phenoxy) is 1. The van der Waals surface area contributed by atoms with Crippen LogP contribution in [0, 0.1) is 11.7 Å². The number of ketones is 2. The average Bonchev–Trinajstić information content (AvgIpc) is 2.79. The highest BCUT2D eigenvalue weighted by molar-refractivity contribution is 5.98. The Kier molecular flexibility index (Phi) is 8.18. The molecule has 3 rings (SSSR count). The van der Waals surface area contributed by atoms with Gasteiger partial charge in [-0.3, -0.25) is 9.59 Å². The molecule has 1 aliphatic heterocycles. The number of carbonyl (C=O) groups excluding carboxylic acids is 2. The van der Waals surface area contributed by atoms with E-state index in [1.165, 1.54) is 25.3 Å². The van der Waals surface area contributed by atoms with Crippen LogP contribution in [-0.2, 0) is 0 Å². The van der Waals surface area contributed by atoms with Gasteiger partial charge in [-0.25, -0.2) is 4.39 Å². The molecule has 2 aromatic carbocycles. The molecule has 0 radical (unpaired) electrons. The monoisotopic (exact) mass is 427 g/mol. The molecule has 1 aliphatic rings. The Balaban J connectivity index is 1.33. The zero-order valence-electron chi connectivity index (χ0n) is 18.0. The fourth-order valence-corrected chi connectivity index (χ4v) is 4.08. The predicted octanol–water partition coefficient (Wildman–Crippen LogP) is 4.88. The Morgan fingerprint density at radius 1 is 1.06 bits per heavy atom. The van der Waals surface area contributed by atoms with E-state index in [2.05, 4.69) is 4.90 Å². The first-order valence-electron chi connectivity index (χ1n) is 10.9. The number of unbranched alkanes of at least 4 members (excludes halogenated alkanes) is 2. The highest BCUT2D eigenvalue weighted by atomic mass is 19.1. The van der Waals surface area contributed by atoms with Gasteiger partial charge in [0.25, 0.3) is 0 Å². The van der Waals surface area contributed by atoms with Crippen LogP contribution in [0.15, 0.2) is 42.5 Å². The van der Waals surface area contributed by atoms with Crippen LogP contribution in [0.1, 0.15) is 59.2 Å². The van der Waals surface area contributed by atoms with E-state index in [1.54, 1.807) is 24.3 Å². The van der Waals surface area contributed by atoms with Gasteiger partial charge >= 0.3 is 0 Å². The second-order valence-electron chi connectivity index (χ2n) is 8.10. The number of benzene rings is 2. The first kappa shape index (κ1) is 22.9. The Hall–Kier alpha value is -2.73. The molecule has 1 heterocycles. The van der Waals surface area contributed by atoms with E-state index in [9.17, 15) is 19.1 Å². The summed E-state index contributed by atoms with van der Waals surface area (Å²) in [6.07, 6.45) is 4.78. The fraction of sp³-hybridized carbons (Fsp3) is 0.440. The Labute approximate surface area is 182 Å². The van der Waals surface area contributed by atoms with Crippen molar-refractivity contribution in [3.63, 3.8) is 0 Å². The fourth-order valence-electron chi connectivity index (χ4n) is 4.08. The molecular formula is C25H30FNO4. The molecule has 0 saturated carbocycles. The molecule has 0 aromatic heterocycles. The van der Waals surface area contributed by atoms with Crippen molar-refractivity contribution < 1.29 is 23.8 Å². The SMILES string of the molecule is COc1ccc(C(=O)CCCCCN2CCC(C(=O)c3ccc(F)cc3)CC2)c(O)c1. The number of carbonyl (C=O) groups is 2. The Morgan fingerprint density at radius 2 is 1.77 bits per heavy atom. The maximum atomic E-state index is 13.0. The summed E-state index contributed by atoms with van der Waals surface area (Å²) in [4.78, 5) is 27.2. The molecule has 0 bridgehead atoms. The van der Waals surface area contributed by atoms with Gasteiger partial charge in [0.1, 0.15) is 17.3 Å². The zero-order chi connectivity index (χ0) is 22.2. The van der Waals surface area contributed by atoms with Gasteiger partial charge in [-0.15, -0.1) is 0 Å². The average molecular weight is 428 g/mol. The highest BCUT2D eigenvalue weighted by Crippen LogP contribution is 2.25. The first-order chi connectivity index (χ1) is 15.0. The topological polar surface area (TPSA) is 66.8 Å². The van der Waals surface area contributed by atoms with Gasteiger partial charge in [0.2, 0.25) is 0 Å². The molecule has 6 heteroatoms. The number of hydrogen-bond acceptors (Lipinski definition) is 5. The van der Waals surface area contributed by atoms with Crippen LogP contribution in [0.25, 0.3) is 0 Å². The summed E-state index contributed by atoms with van der Waals surface area (Å²) >= 11 is 0. The van der Waals surface area contributed by atoms with Gasteiger partial charge in [0.05, 0.1) is 12.7 Å². The third-order valence-electron chi connectivity index (χ3n) is 5.97. The van der Waals surface area contributed by atoms with Gasteiger partial charge in [0, 0.05) is 24.0 Å². The van der Waals surface area contributed by atoms with Crippen molar-refractivity contribution in [1.82, 2.24) is 4.90 Å². The number of phenolic OH excluding ortho intramolecular Hbond substituents is 1. The van der Waals surface area contributed by atoms with Crippen LogP contribution in [0.4, 0.5) is 4.39 Å². The summed E-state index contributed by atoms with van der Waals surface area (Å²) in [5.74, 6) is 0.227. The van der Waals surface area contributed by atoms with E-state index in [1.807, 2.05) is 0 Å². The molecule has 0 aliphatic carbocycles. The lowest BCUT2D eigenvalue weighted by Crippen LogP contribution is -2.36. The van der Waals surface area contributed by atoms with Gasteiger partial charge in [-0.2, -0.15) is 0 Å². The van der Waals surface area contributed by atoms with Gasteiger partial charge in [-0.05, 0) is 81.7 Å². The summed E-state index contributed by atoms with van der Waals surface area (Å²) in [7, 11) is 1.52. The number of Topliss-reactive ketones (excluding diaryl/α,β-unsaturated/α-hetero) is 2. The third-order valence-corrected chi connectivity index (χ3v) is 5.97. The quantitative estimate of drug-likeness (QED) is 0.432. The summed E-state index contributed by atoms with van der Waals surface area (Å²) in [6.45, 7) is 2.73. The molecule has 31 heavy (non-hydrogen) atoms. The number of rotatable bonds is 10. The molecule has 1 saturated heterocycles. The molecule has 0 atom stereocenters. The minimum Gasteiger partial charge on any atom is -0.507 e. The Morgan fingerprint density at radius 3 is 2.42 bits per heavy atom. The summed E-state index contributed by atoms with van der Waals surface area (Å²) in [5.41, 5.74) is 0.932. The number of piperidine rings is 1. The second kappa shape index (κ2) is 11.0. The van der Waals surface area contributed by atoms with Crippen molar-refractivity contribution in [2.75, 3.05) is 26.7 Å². The number of phenols is 1. The summed E-state index contributed by atoms with van der Waals surface area (Å²) in [6, 6.07) is 10.5. The van der Waals surface area contributed by atoms with Crippen molar-refractivity contribution >= 4 is 11.6 Å². The normalized spacial score (nSPS) is 15.0. The van der Waals surface area contributed by atoms with Crippen LogP contribution < -0.4 is 4.74 Å². The lowest BCUT2D eigenvalue weighted by atomic mass is 9.89. The van der Waals surface area contributed by atoms with Gasteiger partial charge in [0.15, 0.2) is 11.6 Å². The largest absolute Gasteiger partial charge is 0.507 e. The van der Waals surface area contributed by atoms with Crippen molar-refractivity contribution in [1.29, 1.82) is 0 Å². The molecule has 0 amide bonds. The Bertz CT molecular complexity index is 889. The van der Waals surface area contributed by atoms with E-state index < -0.39 is 0 Å². The van der Waals surface area contributed by atoms with Crippen molar-refractivity contribution in [3.8, 4) is 11.5 Å². The number of aromatic hydroxyl groups is 1. The third kappa shape index (κ3) is 6.37. The molecule has 0 unspecified atom stereocenters. The number of likely N-dealkylation sites (tertiary alicyclic amines) is 1. The van der Waals surface area contributed by atoms with E-state index in [0.717, 1.165) is 51.7 Å². The number of hydrogen-bond donors (Lipinski definition) is 1. The second-order valence-corrected chi connectivity index (χ2v) is 8.10. The first-order valence-corrected chi connectivity index (χ1v) is 10.9. The summed E-state index contributed by atoms with van der Waals surface area (Å²) in [5, 5.41) is 9.96. The molecule has 1 N–H and O–H groups in total. The molecule has 166 valence electrons. The minimum absolute atomic E-state index is 0.0107. The van der Waals surface area contributed by atoms with Gasteiger partial charge < -0.3 is 14.7 Å². The van der Waals surface area contributed by atoms with Crippen molar-refractivity contribution in [2.24, 2.45) is 5.92 Å². The lowest BCUT2D eigenvalue weighted by Gasteiger charge is -2.31. The minimum atomic E-state index is -0.325. The van der Waals surface area contributed by atoms with Crippen molar-refractivity contribution in [2.45, 2.75) is 38.5 Å². The molecule has 0 spiro atoms. The van der Waals surface area contributed by atoms with Crippen molar-refractivity contribution in [3.05, 3.63) is 59.4 Å².